The molecule has 2 rings (SSSR count). The van der Waals surface area contributed by atoms with Crippen LogP contribution in [0.2, 0.25) is 5.02 Å². The first-order chi connectivity index (χ1) is 8.72. The Hall–Kier alpha value is -1.16. The standard InChI is InChI=1S/C14H13ClO2S/c1-17-11-3-6-12(7-4-11)18-13-5-2-10(9-16)14(15)8-13/h2-8,16H,9H2,1H3. The first kappa shape index (κ1) is 13.3. The summed E-state index contributed by atoms with van der Waals surface area (Å²) >= 11 is 7.67. The van der Waals surface area contributed by atoms with Crippen molar-refractivity contribution in [2.24, 2.45) is 0 Å². The van der Waals surface area contributed by atoms with Crippen molar-refractivity contribution < 1.29 is 9.84 Å². The number of hydrogen-bond donors (Lipinski definition) is 1. The van der Waals surface area contributed by atoms with E-state index in [2.05, 4.69) is 0 Å². The highest BCUT2D eigenvalue weighted by molar-refractivity contribution is 7.99. The van der Waals surface area contributed by atoms with Crippen molar-refractivity contribution in [1.82, 2.24) is 0 Å². The van der Waals surface area contributed by atoms with E-state index in [0.29, 0.717) is 5.02 Å². The van der Waals surface area contributed by atoms with E-state index < -0.39 is 0 Å². The quantitative estimate of drug-likeness (QED) is 0.918. The summed E-state index contributed by atoms with van der Waals surface area (Å²) in [4.78, 5) is 2.16. The van der Waals surface area contributed by atoms with Crippen LogP contribution < -0.4 is 4.74 Å². The van der Waals surface area contributed by atoms with Crippen LogP contribution in [0.15, 0.2) is 52.3 Å². The summed E-state index contributed by atoms with van der Waals surface area (Å²) in [7, 11) is 1.65. The molecule has 0 atom stereocenters. The fourth-order valence-corrected chi connectivity index (χ4v) is 2.66. The first-order valence-corrected chi connectivity index (χ1v) is 6.63. The van der Waals surface area contributed by atoms with Crippen LogP contribution in [0.25, 0.3) is 0 Å². The third-order valence-electron chi connectivity index (χ3n) is 2.49. The summed E-state index contributed by atoms with van der Waals surface area (Å²) in [5, 5.41) is 9.65. The molecule has 0 unspecified atom stereocenters. The molecule has 4 heteroatoms. The Balaban J connectivity index is 2.15. The maximum atomic E-state index is 9.05. The van der Waals surface area contributed by atoms with Crippen LogP contribution in [0.3, 0.4) is 0 Å². The van der Waals surface area contributed by atoms with Gasteiger partial charge in [0, 0.05) is 14.8 Å². The third kappa shape index (κ3) is 3.19. The van der Waals surface area contributed by atoms with Crippen LogP contribution in [-0.2, 0) is 6.61 Å². The van der Waals surface area contributed by atoms with E-state index >= 15 is 0 Å². The van der Waals surface area contributed by atoms with Gasteiger partial charge < -0.3 is 9.84 Å². The van der Waals surface area contributed by atoms with Crippen molar-refractivity contribution in [3.05, 3.63) is 53.1 Å². The van der Waals surface area contributed by atoms with Gasteiger partial charge in [0.1, 0.15) is 5.75 Å². The monoisotopic (exact) mass is 280 g/mol. The van der Waals surface area contributed by atoms with Crippen molar-refractivity contribution in [2.45, 2.75) is 16.4 Å². The van der Waals surface area contributed by atoms with Gasteiger partial charge in [-0.1, -0.05) is 29.4 Å². The van der Waals surface area contributed by atoms with Gasteiger partial charge in [0.05, 0.1) is 13.7 Å². The fraction of sp³-hybridized carbons (Fsp3) is 0.143. The number of ether oxygens (including phenoxy) is 1. The summed E-state index contributed by atoms with van der Waals surface area (Å²) in [6.45, 7) is -0.0354. The Kier molecular flexibility index (Phi) is 4.53. The smallest absolute Gasteiger partial charge is 0.118 e. The molecule has 94 valence electrons. The summed E-state index contributed by atoms with van der Waals surface area (Å²) < 4.78 is 5.11. The Labute approximate surface area is 116 Å². The van der Waals surface area contributed by atoms with E-state index in [4.69, 9.17) is 21.4 Å². The lowest BCUT2D eigenvalue weighted by atomic mass is 10.2. The normalized spacial score (nSPS) is 10.4. The van der Waals surface area contributed by atoms with Gasteiger partial charge >= 0.3 is 0 Å². The maximum Gasteiger partial charge on any atom is 0.118 e. The predicted octanol–water partition coefficient (Wildman–Crippen LogP) is 3.99. The summed E-state index contributed by atoms with van der Waals surface area (Å²) in [6.07, 6.45) is 0. The highest BCUT2D eigenvalue weighted by Crippen LogP contribution is 2.31. The second kappa shape index (κ2) is 6.14. The van der Waals surface area contributed by atoms with Gasteiger partial charge in [0.25, 0.3) is 0 Å². The van der Waals surface area contributed by atoms with E-state index in [-0.39, 0.29) is 6.61 Å². The van der Waals surface area contributed by atoms with Crippen molar-refractivity contribution in [2.75, 3.05) is 7.11 Å². The predicted molar refractivity (Wildman–Crippen MR) is 74.5 cm³/mol. The van der Waals surface area contributed by atoms with Gasteiger partial charge in [-0.05, 0) is 42.0 Å². The molecule has 0 bridgehead atoms. The topological polar surface area (TPSA) is 29.5 Å². The van der Waals surface area contributed by atoms with Gasteiger partial charge in [-0.15, -0.1) is 0 Å². The minimum atomic E-state index is -0.0354. The molecule has 2 aromatic carbocycles. The van der Waals surface area contributed by atoms with Crippen molar-refractivity contribution in [3.63, 3.8) is 0 Å². The molecular formula is C14H13ClO2S. The minimum absolute atomic E-state index is 0.0354. The second-order valence-electron chi connectivity index (χ2n) is 3.69. The molecule has 0 spiro atoms. The summed E-state index contributed by atoms with van der Waals surface area (Å²) in [5.74, 6) is 0.841. The summed E-state index contributed by atoms with van der Waals surface area (Å²) in [6, 6.07) is 13.5. The van der Waals surface area contributed by atoms with Crippen LogP contribution in [0.4, 0.5) is 0 Å². The van der Waals surface area contributed by atoms with Crippen molar-refractivity contribution in [3.8, 4) is 5.75 Å². The van der Waals surface area contributed by atoms with E-state index in [9.17, 15) is 0 Å². The molecule has 0 saturated carbocycles. The molecule has 0 fully saturated rings. The molecule has 0 heterocycles. The number of benzene rings is 2. The zero-order chi connectivity index (χ0) is 13.0. The zero-order valence-electron chi connectivity index (χ0n) is 9.89. The van der Waals surface area contributed by atoms with Crippen LogP contribution >= 0.6 is 23.4 Å². The molecule has 18 heavy (non-hydrogen) atoms. The van der Waals surface area contributed by atoms with Gasteiger partial charge in [-0.2, -0.15) is 0 Å². The van der Waals surface area contributed by atoms with Crippen molar-refractivity contribution in [1.29, 1.82) is 0 Å². The van der Waals surface area contributed by atoms with E-state index in [1.165, 1.54) is 0 Å². The first-order valence-electron chi connectivity index (χ1n) is 5.44. The molecule has 0 saturated heterocycles. The Morgan fingerprint density at radius 2 is 1.78 bits per heavy atom. The molecule has 0 amide bonds. The van der Waals surface area contributed by atoms with E-state index in [1.807, 2.05) is 42.5 Å². The minimum Gasteiger partial charge on any atom is -0.497 e. The molecule has 0 aliphatic carbocycles. The lowest BCUT2D eigenvalue weighted by Gasteiger charge is -2.06. The highest BCUT2D eigenvalue weighted by Gasteiger charge is 2.03. The Bertz CT molecular complexity index is 526. The molecule has 0 aliphatic rings. The summed E-state index contributed by atoms with van der Waals surface area (Å²) in [5.41, 5.74) is 0.746. The number of methoxy groups -OCH3 is 1. The Morgan fingerprint density at radius 1 is 1.11 bits per heavy atom. The number of hydrogen-bond acceptors (Lipinski definition) is 3. The van der Waals surface area contributed by atoms with Crippen LogP contribution in [0, 0.1) is 0 Å². The number of aliphatic hydroxyl groups excluding tert-OH is 1. The third-order valence-corrected chi connectivity index (χ3v) is 3.84. The largest absolute Gasteiger partial charge is 0.497 e. The van der Waals surface area contributed by atoms with E-state index in [0.717, 1.165) is 21.1 Å². The van der Waals surface area contributed by atoms with Gasteiger partial charge in [-0.3, -0.25) is 0 Å². The van der Waals surface area contributed by atoms with E-state index in [1.54, 1.807) is 18.9 Å². The fourth-order valence-electron chi connectivity index (χ4n) is 1.50. The van der Waals surface area contributed by atoms with Crippen LogP contribution in [0.1, 0.15) is 5.56 Å². The molecule has 2 nitrogen and oxygen atoms in total. The molecule has 0 aromatic heterocycles. The second-order valence-corrected chi connectivity index (χ2v) is 5.24. The van der Waals surface area contributed by atoms with Crippen LogP contribution in [0.5, 0.6) is 5.75 Å². The Morgan fingerprint density at radius 3 is 2.33 bits per heavy atom. The molecule has 1 N–H and O–H groups in total. The average Bonchev–Trinajstić information content (AvgIpc) is 2.40. The number of aliphatic hydroxyl groups is 1. The van der Waals surface area contributed by atoms with Gasteiger partial charge in [-0.25, -0.2) is 0 Å². The van der Waals surface area contributed by atoms with Gasteiger partial charge in [0.2, 0.25) is 0 Å². The van der Waals surface area contributed by atoms with Gasteiger partial charge in [0.15, 0.2) is 0 Å². The molecule has 0 radical (unpaired) electrons. The van der Waals surface area contributed by atoms with Crippen LogP contribution in [-0.4, -0.2) is 12.2 Å². The lowest BCUT2D eigenvalue weighted by Crippen LogP contribution is -1.85. The zero-order valence-corrected chi connectivity index (χ0v) is 11.5. The maximum absolute atomic E-state index is 9.05. The molecular weight excluding hydrogens is 268 g/mol. The highest BCUT2D eigenvalue weighted by atomic mass is 35.5. The lowest BCUT2D eigenvalue weighted by molar-refractivity contribution is 0.282. The molecule has 0 aliphatic heterocycles. The SMILES string of the molecule is COc1ccc(Sc2ccc(CO)c(Cl)c2)cc1. The number of rotatable bonds is 4. The number of halogens is 1. The molecule has 2 aromatic rings. The van der Waals surface area contributed by atoms with Crippen molar-refractivity contribution >= 4 is 23.4 Å². The average molecular weight is 281 g/mol.